The van der Waals surface area contributed by atoms with E-state index in [-0.39, 0.29) is 0 Å². The first-order valence-corrected chi connectivity index (χ1v) is 2.79. The molecule has 42 valence electrons. The van der Waals surface area contributed by atoms with Gasteiger partial charge in [-0.15, -0.1) is 16.2 Å². The van der Waals surface area contributed by atoms with E-state index < -0.39 is 0 Å². The zero-order valence-electron chi connectivity index (χ0n) is 3.87. The molecular formula is C3H3N3OS. The van der Waals surface area contributed by atoms with Gasteiger partial charge in [-0.05, 0) is 0 Å². The normalized spacial score (nSPS) is 8.50. The number of rotatable bonds is 2. The first-order valence-electron chi connectivity index (χ1n) is 1.91. The molecule has 1 rings (SSSR count). The topological polar surface area (TPSA) is 54.4 Å². The summed E-state index contributed by atoms with van der Waals surface area (Å²) >= 11 is 1.33. The molecule has 1 heterocycles. The maximum Gasteiger partial charge on any atom is 0.205 e. The number of thiazole rings is 1. The Balaban J connectivity index is 2.62. The summed E-state index contributed by atoms with van der Waals surface area (Å²) in [5.41, 5.74) is 2.16. The molecule has 0 bridgehead atoms. The molecule has 0 saturated carbocycles. The number of nitrogens with zero attached hydrogens (tertiary/aromatic N) is 2. The molecule has 1 aromatic heterocycles. The van der Waals surface area contributed by atoms with Crippen molar-refractivity contribution in [3.05, 3.63) is 16.5 Å². The Hall–Kier alpha value is -0.970. The second kappa shape index (κ2) is 2.37. The summed E-state index contributed by atoms with van der Waals surface area (Å²) in [5, 5.41) is 4.71. The summed E-state index contributed by atoms with van der Waals surface area (Å²) in [4.78, 5) is 13.2. The van der Waals surface area contributed by atoms with Gasteiger partial charge in [0.1, 0.15) is 0 Å². The quantitative estimate of drug-likeness (QED) is 0.482. The monoisotopic (exact) mass is 129 g/mol. The Morgan fingerprint density at radius 2 is 2.75 bits per heavy atom. The van der Waals surface area contributed by atoms with E-state index in [1.165, 1.54) is 11.3 Å². The van der Waals surface area contributed by atoms with Crippen molar-refractivity contribution >= 4 is 16.5 Å². The van der Waals surface area contributed by atoms with Crippen LogP contribution in [-0.4, -0.2) is 4.98 Å². The molecule has 0 aliphatic rings. The van der Waals surface area contributed by atoms with E-state index in [0.29, 0.717) is 5.13 Å². The molecule has 4 nitrogen and oxygen atoms in total. The number of hydrogen-bond acceptors (Lipinski definition) is 4. The summed E-state index contributed by atoms with van der Waals surface area (Å²) in [6, 6.07) is 0. The van der Waals surface area contributed by atoms with Crippen LogP contribution in [0.5, 0.6) is 0 Å². The zero-order chi connectivity index (χ0) is 5.82. The summed E-state index contributed by atoms with van der Waals surface area (Å²) in [6.45, 7) is 0. The first-order chi connectivity index (χ1) is 3.93. The molecular weight excluding hydrogens is 126 g/mol. The SMILES string of the molecule is O=NNc1nccs1. The Morgan fingerprint density at radius 1 is 1.88 bits per heavy atom. The molecule has 8 heavy (non-hydrogen) atoms. The van der Waals surface area contributed by atoms with Gasteiger partial charge < -0.3 is 0 Å². The fourth-order valence-electron chi connectivity index (χ4n) is 0.318. The molecule has 0 radical (unpaired) electrons. The second-order valence-electron chi connectivity index (χ2n) is 1.04. The lowest BCUT2D eigenvalue weighted by Crippen LogP contribution is -1.81. The number of nitroso groups, excluding NO2 is 1. The number of nitrogens with one attached hydrogen (secondary N) is 1. The number of hydrogen-bond donors (Lipinski definition) is 1. The highest BCUT2D eigenvalue weighted by atomic mass is 32.1. The van der Waals surface area contributed by atoms with E-state index in [2.05, 4.69) is 15.7 Å². The molecule has 0 spiro atoms. The van der Waals surface area contributed by atoms with Crippen molar-refractivity contribution < 1.29 is 0 Å². The average Bonchev–Trinajstić information content (AvgIpc) is 2.19. The van der Waals surface area contributed by atoms with Crippen molar-refractivity contribution in [3.8, 4) is 0 Å². The maximum atomic E-state index is 9.48. The number of anilines is 1. The second-order valence-corrected chi connectivity index (χ2v) is 1.93. The third-order valence-electron chi connectivity index (χ3n) is 0.574. The van der Waals surface area contributed by atoms with Gasteiger partial charge >= 0.3 is 0 Å². The standard InChI is InChI=1S/C3H3N3OS/c7-6-5-3-4-1-2-8-3/h1-2H,(H,4,5,7). The van der Waals surface area contributed by atoms with Crippen LogP contribution in [0.25, 0.3) is 0 Å². The highest BCUT2D eigenvalue weighted by molar-refractivity contribution is 7.13. The molecule has 0 unspecified atom stereocenters. The molecule has 0 saturated heterocycles. The molecule has 1 N–H and O–H groups in total. The number of aromatic nitrogens is 1. The van der Waals surface area contributed by atoms with Gasteiger partial charge in [0, 0.05) is 11.6 Å². The summed E-state index contributed by atoms with van der Waals surface area (Å²) in [5.74, 6) is 0. The van der Waals surface area contributed by atoms with E-state index in [0.717, 1.165) is 0 Å². The lowest BCUT2D eigenvalue weighted by Gasteiger charge is -1.81. The minimum atomic E-state index is 0.528. The van der Waals surface area contributed by atoms with Crippen LogP contribution in [0.1, 0.15) is 0 Å². The predicted octanol–water partition coefficient (Wildman–Crippen LogP) is 1.24. The summed E-state index contributed by atoms with van der Waals surface area (Å²) in [7, 11) is 0. The van der Waals surface area contributed by atoms with E-state index in [4.69, 9.17) is 0 Å². The van der Waals surface area contributed by atoms with E-state index >= 15 is 0 Å². The van der Waals surface area contributed by atoms with Crippen LogP contribution in [0.2, 0.25) is 0 Å². The van der Waals surface area contributed by atoms with Gasteiger partial charge in [0.05, 0.1) is 5.29 Å². The zero-order valence-corrected chi connectivity index (χ0v) is 4.68. The highest BCUT2D eigenvalue weighted by Crippen LogP contribution is 2.08. The van der Waals surface area contributed by atoms with Gasteiger partial charge in [-0.2, -0.15) is 0 Å². The van der Waals surface area contributed by atoms with Crippen molar-refractivity contribution in [2.24, 2.45) is 5.29 Å². The van der Waals surface area contributed by atoms with E-state index in [1.807, 2.05) is 0 Å². The molecule has 0 aliphatic heterocycles. The van der Waals surface area contributed by atoms with Crippen LogP contribution in [-0.2, 0) is 0 Å². The lowest BCUT2D eigenvalue weighted by molar-refractivity contribution is 1.27. The van der Waals surface area contributed by atoms with Crippen LogP contribution in [0, 0.1) is 4.91 Å². The molecule has 1 aromatic rings. The highest BCUT2D eigenvalue weighted by Gasteiger charge is 1.87. The fourth-order valence-corrected chi connectivity index (χ4v) is 0.780. The average molecular weight is 129 g/mol. The molecule has 0 fully saturated rings. The predicted molar refractivity (Wildman–Crippen MR) is 31.5 cm³/mol. The van der Waals surface area contributed by atoms with Crippen LogP contribution in [0.15, 0.2) is 16.9 Å². The lowest BCUT2D eigenvalue weighted by atomic mass is 11.0. The van der Waals surface area contributed by atoms with Crippen molar-refractivity contribution in [3.63, 3.8) is 0 Å². The molecule has 0 atom stereocenters. The van der Waals surface area contributed by atoms with Crippen LogP contribution in [0.3, 0.4) is 0 Å². The van der Waals surface area contributed by atoms with Gasteiger partial charge in [0.25, 0.3) is 0 Å². The Kier molecular flexibility index (Phi) is 1.53. The van der Waals surface area contributed by atoms with Crippen LogP contribution in [0.4, 0.5) is 5.13 Å². The van der Waals surface area contributed by atoms with Crippen molar-refractivity contribution in [2.45, 2.75) is 0 Å². The third-order valence-corrected chi connectivity index (χ3v) is 1.25. The van der Waals surface area contributed by atoms with Crippen LogP contribution < -0.4 is 5.43 Å². The molecule has 0 aromatic carbocycles. The summed E-state index contributed by atoms with van der Waals surface area (Å²) in [6.07, 6.45) is 1.60. The van der Waals surface area contributed by atoms with E-state index in [1.54, 1.807) is 11.6 Å². The van der Waals surface area contributed by atoms with Crippen LogP contribution >= 0.6 is 11.3 Å². The largest absolute Gasteiger partial charge is 0.227 e. The first kappa shape index (κ1) is 5.17. The smallest absolute Gasteiger partial charge is 0.205 e. The molecule has 5 heteroatoms. The third kappa shape index (κ3) is 1.00. The summed E-state index contributed by atoms with van der Waals surface area (Å²) < 4.78 is 0. The van der Waals surface area contributed by atoms with Gasteiger partial charge in [-0.3, -0.25) is 0 Å². The van der Waals surface area contributed by atoms with E-state index in [9.17, 15) is 4.91 Å². The maximum absolute atomic E-state index is 9.48. The van der Waals surface area contributed by atoms with Crippen molar-refractivity contribution in [1.29, 1.82) is 0 Å². The van der Waals surface area contributed by atoms with Gasteiger partial charge in [-0.1, -0.05) is 0 Å². The Morgan fingerprint density at radius 3 is 3.25 bits per heavy atom. The Labute approximate surface area is 49.5 Å². The van der Waals surface area contributed by atoms with Gasteiger partial charge in [-0.25, -0.2) is 10.4 Å². The van der Waals surface area contributed by atoms with Gasteiger partial charge in [0.15, 0.2) is 0 Å². The van der Waals surface area contributed by atoms with Crippen molar-refractivity contribution in [1.82, 2.24) is 4.98 Å². The molecule has 0 amide bonds. The minimum absolute atomic E-state index is 0.528. The molecule has 0 aliphatic carbocycles. The Bertz CT molecular complexity index is 161. The minimum Gasteiger partial charge on any atom is -0.227 e. The van der Waals surface area contributed by atoms with Crippen molar-refractivity contribution in [2.75, 3.05) is 5.43 Å². The van der Waals surface area contributed by atoms with Gasteiger partial charge in [0.2, 0.25) is 5.13 Å². The fraction of sp³-hybridized carbons (Fsp3) is 0.